The maximum atomic E-state index is 12.4. The van der Waals surface area contributed by atoms with E-state index in [0.717, 1.165) is 6.42 Å². The maximum absolute atomic E-state index is 12.4. The van der Waals surface area contributed by atoms with Crippen LogP contribution in [0.25, 0.3) is 0 Å². The normalized spacial score (nSPS) is 29.0. The van der Waals surface area contributed by atoms with Crippen LogP contribution in [0.1, 0.15) is 25.7 Å². The average molecular weight is 282 g/mol. The van der Waals surface area contributed by atoms with Gasteiger partial charge in [-0.15, -0.1) is 0 Å². The van der Waals surface area contributed by atoms with Gasteiger partial charge in [-0.2, -0.15) is 0 Å². The predicted octanol–water partition coefficient (Wildman–Crippen LogP) is 1.63. The van der Waals surface area contributed by atoms with Crippen molar-refractivity contribution >= 4 is 17.9 Å². The standard InChI is InChI=1S/C14H18O6/c1-18-13(16)10-7-6-9-8(10)4-3-5-11(12(9)15)20-14(17)19-2/h6,8,10-11H,3-5,7H2,1-2H3/t8?,10-,11?/m0/s1. The zero-order valence-electron chi connectivity index (χ0n) is 11.6. The molecule has 0 aliphatic heterocycles. The van der Waals surface area contributed by atoms with Crippen molar-refractivity contribution in [2.24, 2.45) is 11.8 Å². The number of Topliss-reactive ketones (excluding diaryl/α,β-unsaturated/α-hetero) is 1. The Labute approximate surface area is 117 Å². The molecule has 0 spiro atoms. The first-order valence-corrected chi connectivity index (χ1v) is 6.65. The third-order valence-electron chi connectivity index (χ3n) is 3.94. The fraction of sp³-hybridized carbons (Fsp3) is 0.643. The van der Waals surface area contributed by atoms with E-state index < -0.39 is 12.3 Å². The predicted molar refractivity (Wildman–Crippen MR) is 67.8 cm³/mol. The van der Waals surface area contributed by atoms with Crippen LogP contribution in [0.3, 0.4) is 0 Å². The van der Waals surface area contributed by atoms with Gasteiger partial charge < -0.3 is 14.2 Å². The molecule has 0 radical (unpaired) electrons. The van der Waals surface area contributed by atoms with E-state index in [1.807, 2.05) is 0 Å². The SMILES string of the molecule is COC(=O)OC1CCCC2C(=CC[C@@H]2C(=O)OC)C1=O. The molecule has 6 heteroatoms. The summed E-state index contributed by atoms with van der Waals surface area (Å²) in [5.74, 6) is -0.928. The molecule has 0 saturated heterocycles. The molecule has 1 saturated carbocycles. The topological polar surface area (TPSA) is 78.9 Å². The molecule has 0 aromatic heterocycles. The molecule has 1 fully saturated rings. The van der Waals surface area contributed by atoms with Gasteiger partial charge in [-0.05, 0) is 31.3 Å². The van der Waals surface area contributed by atoms with Gasteiger partial charge in [-0.25, -0.2) is 4.79 Å². The van der Waals surface area contributed by atoms with Crippen molar-refractivity contribution in [2.75, 3.05) is 14.2 Å². The molecular formula is C14H18O6. The van der Waals surface area contributed by atoms with Crippen LogP contribution in [0.4, 0.5) is 4.79 Å². The Hall–Kier alpha value is -1.85. The number of hydrogen-bond acceptors (Lipinski definition) is 6. The third kappa shape index (κ3) is 2.69. The van der Waals surface area contributed by atoms with E-state index in [4.69, 9.17) is 9.47 Å². The number of esters is 1. The highest BCUT2D eigenvalue weighted by atomic mass is 16.7. The number of fused-ring (bicyclic) bond motifs is 1. The Morgan fingerprint density at radius 1 is 1.20 bits per heavy atom. The molecule has 3 atom stereocenters. The minimum Gasteiger partial charge on any atom is -0.469 e. The van der Waals surface area contributed by atoms with Crippen molar-refractivity contribution in [1.29, 1.82) is 0 Å². The molecule has 0 N–H and O–H groups in total. The lowest BCUT2D eigenvalue weighted by Crippen LogP contribution is -2.29. The minimum absolute atomic E-state index is 0.124. The van der Waals surface area contributed by atoms with Crippen LogP contribution in [0.5, 0.6) is 0 Å². The van der Waals surface area contributed by atoms with Crippen molar-refractivity contribution < 1.29 is 28.6 Å². The van der Waals surface area contributed by atoms with Gasteiger partial charge in [0, 0.05) is 5.92 Å². The van der Waals surface area contributed by atoms with Crippen molar-refractivity contribution in [3.63, 3.8) is 0 Å². The van der Waals surface area contributed by atoms with E-state index >= 15 is 0 Å². The second kappa shape index (κ2) is 6.07. The van der Waals surface area contributed by atoms with Crippen LogP contribution in [0, 0.1) is 11.8 Å². The zero-order valence-corrected chi connectivity index (χ0v) is 11.6. The van der Waals surface area contributed by atoms with Gasteiger partial charge in [-0.3, -0.25) is 9.59 Å². The minimum atomic E-state index is -0.857. The van der Waals surface area contributed by atoms with E-state index in [9.17, 15) is 14.4 Å². The van der Waals surface area contributed by atoms with Crippen LogP contribution in [-0.2, 0) is 23.8 Å². The lowest BCUT2D eigenvalue weighted by molar-refractivity contribution is -0.146. The lowest BCUT2D eigenvalue weighted by atomic mass is 9.87. The van der Waals surface area contributed by atoms with Crippen LogP contribution >= 0.6 is 0 Å². The zero-order chi connectivity index (χ0) is 14.7. The summed E-state index contributed by atoms with van der Waals surface area (Å²) in [6.07, 6.45) is 2.49. The molecule has 110 valence electrons. The Morgan fingerprint density at radius 2 is 1.95 bits per heavy atom. The molecule has 2 aliphatic rings. The molecule has 6 nitrogen and oxygen atoms in total. The largest absolute Gasteiger partial charge is 0.508 e. The Balaban J connectivity index is 2.13. The van der Waals surface area contributed by atoms with Gasteiger partial charge in [0.05, 0.1) is 20.1 Å². The molecule has 2 aliphatic carbocycles. The van der Waals surface area contributed by atoms with Crippen LogP contribution in [0.15, 0.2) is 11.6 Å². The fourth-order valence-electron chi connectivity index (χ4n) is 2.96. The van der Waals surface area contributed by atoms with Crippen molar-refractivity contribution in [1.82, 2.24) is 0 Å². The van der Waals surface area contributed by atoms with Gasteiger partial charge in [0.2, 0.25) is 0 Å². The first-order chi connectivity index (χ1) is 9.58. The Bertz CT molecular complexity index is 453. The summed E-state index contributed by atoms with van der Waals surface area (Å²) >= 11 is 0. The number of rotatable bonds is 2. The summed E-state index contributed by atoms with van der Waals surface area (Å²) in [7, 11) is 2.55. The Kier molecular flexibility index (Phi) is 4.42. The second-order valence-electron chi connectivity index (χ2n) is 4.99. The monoisotopic (exact) mass is 282 g/mol. The van der Waals surface area contributed by atoms with Gasteiger partial charge >= 0.3 is 12.1 Å². The number of methoxy groups -OCH3 is 2. The number of hydrogen-bond donors (Lipinski definition) is 0. The first kappa shape index (κ1) is 14.6. The Morgan fingerprint density at radius 3 is 2.60 bits per heavy atom. The van der Waals surface area contributed by atoms with Gasteiger partial charge in [0.1, 0.15) is 0 Å². The number of ketones is 1. The maximum Gasteiger partial charge on any atom is 0.508 e. The highest BCUT2D eigenvalue weighted by molar-refractivity contribution is 6.01. The fourth-order valence-corrected chi connectivity index (χ4v) is 2.96. The highest BCUT2D eigenvalue weighted by Gasteiger charge is 2.42. The van der Waals surface area contributed by atoms with Crippen LogP contribution in [0.2, 0.25) is 0 Å². The molecule has 20 heavy (non-hydrogen) atoms. The molecule has 0 aromatic rings. The summed E-state index contributed by atoms with van der Waals surface area (Å²) in [5, 5.41) is 0. The van der Waals surface area contributed by atoms with Crippen LogP contribution < -0.4 is 0 Å². The van der Waals surface area contributed by atoms with E-state index in [-0.39, 0.29) is 23.6 Å². The number of carbonyl (C=O) groups is 3. The van der Waals surface area contributed by atoms with Crippen molar-refractivity contribution in [3.05, 3.63) is 11.6 Å². The van der Waals surface area contributed by atoms with E-state index in [1.165, 1.54) is 14.2 Å². The van der Waals surface area contributed by atoms with Crippen molar-refractivity contribution in [3.8, 4) is 0 Å². The molecule has 0 aromatic carbocycles. The number of ether oxygens (including phenoxy) is 3. The van der Waals surface area contributed by atoms with Crippen molar-refractivity contribution in [2.45, 2.75) is 31.8 Å². The summed E-state index contributed by atoms with van der Waals surface area (Å²) in [5.41, 5.74) is 0.590. The molecule has 0 heterocycles. The quantitative estimate of drug-likeness (QED) is 0.716. The molecule has 0 amide bonds. The third-order valence-corrected chi connectivity index (χ3v) is 3.94. The van der Waals surface area contributed by atoms with Gasteiger partial charge in [0.15, 0.2) is 11.9 Å². The first-order valence-electron chi connectivity index (χ1n) is 6.65. The highest BCUT2D eigenvalue weighted by Crippen LogP contribution is 2.40. The summed E-state index contributed by atoms with van der Waals surface area (Å²) in [4.78, 5) is 35.3. The second-order valence-corrected chi connectivity index (χ2v) is 4.99. The number of allylic oxidation sites excluding steroid dienone is 1. The average Bonchev–Trinajstić information content (AvgIpc) is 2.81. The summed E-state index contributed by atoms with van der Waals surface area (Å²) in [6, 6.07) is 0. The molecule has 2 rings (SSSR count). The molecule has 2 unspecified atom stereocenters. The van der Waals surface area contributed by atoms with E-state index in [2.05, 4.69) is 4.74 Å². The van der Waals surface area contributed by atoms with Crippen LogP contribution in [-0.4, -0.2) is 38.2 Å². The van der Waals surface area contributed by atoms with Gasteiger partial charge in [-0.1, -0.05) is 6.08 Å². The smallest absolute Gasteiger partial charge is 0.469 e. The summed E-state index contributed by atoms with van der Waals surface area (Å²) < 4.78 is 14.2. The van der Waals surface area contributed by atoms with E-state index in [0.29, 0.717) is 24.8 Å². The van der Waals surface area contributed by atoms with Gasteiger partial charge in [0.25, 0.3) is 0 Å². The molecule has 0 bridgehead atoms. The molecular weight excluding hydrogens is 264 g/mol. The lowest BCUT2D eigenvalue weighted by Gasteiger charge is -2.18. The van der Waals surface area contributed by atoms with E-state index in [1.54, 1.807) is 6.08 Å². The number of carbonyl (C=O) groups excluding carboxylic acids is 3. The summed E-state index contributed by atoms with van der Waals surface area (Å²) in [6.45, 7) is 0.